The molecule has 3 rings (SSSR count). The molecule has 5 nitrogen and oxygen atoms in total. The van der Waals surface area contributed by atoms with E-state index in [-0.39, 0.29) is 21.9 Å². The van der Waals surface area contributed by atoms with Crippen molar-refractivity contribution in [1.29, 1.82) is 0 Å². The van der Waals surface area contributed by atoms with Gasteiger partial charge < -0.3 is 4.74 Å². The summed E-state index contributed by atoms with van der Waals surface area (Å²) < 4.78 is 33.9. The lowest BCUT2D eigenvalue weighted by Crippen LogP contribution is -2.17. The summed E-state index contributed by atoms with van der Waals surface area (Å²) in [5, 5.41) is 0.337. The fourth-order valence-corrected chi connectivity index (χ4v) is 4.58. The number of anilines is 1. The smallest absolute Gasteiger partial charge is 0.262 e. The molecule has 0 aliphatic rings. The molecule has 0 unspecified atom stereocenters. The zero-order valence-corrected chi connectivity index (χ0v) is 17.8. The highest BCUT2D eigenvalue weighted by atomic mass is 35.5. The van der Waals surface area contributed by atoms with Gasteiger partial charge in [0, 0.05) is 16.1 Å². The molecular formula is C22H20ClNO4S. The number of ketones is 1. The monoisotopic (exact) mass is 429 g/mol. The summed E-state index contributed by atoms with van der Waals surface area (Å²) in [6.45, 7) is 3.46. The Kier molecular flexibility index (Phi) is 5.96. The van der Waals surface area contributed by atoms with Crippen LogP contribution in [0.1, 0.15) is 27.0 Å². The molecule has 150 valence electrons. The van der Waals surface area contributed by atoms with Gasteiger partial charge in [-0.2, -0.15) is 0 Å². The Morgan fingerprint density at radius 2 is 1.66 bits per heavy atom. The topological polar surface area (TPSA) is 72.5 Å². The van der Waals surface area contributed by atoms with E-state index < -0.39 is 10.0 Å². The lowest BCUT2D eigenvalue weighted by atomic mass is 10.0. The minimum absolute atomic E-state index is 0.115. The first-order chi connectivity index (χ1) is 13.7. The first kappa shape index (κ1) is 20.9. The van der Waals surface area contributed by atoms with Crippen LogP contribution in [0.3, 0.4) is 0 Å². The summed E-state index contributed by atoms with van der Waals surface area (Å²) in [6.07, 6.45) is 0. The second-order valence-electron chi connectivity index (χ2n) is 6.58. The number of halogens is 1. The van der Waals surface area contributed by atoms with E-state index in [0.717, 1.165) is 0 Å². The Morgan fingerprint density at radius 3 is 2.31 bits per heavy atom. The van der Waals surface area contributed by atoms with E-state index in [1.54, 1.807) is 56.3 Å². The molecule has 0 aromatic heterocycles. The zero-order valence-electron chi connectivity index (χ0n) is 16.2. The SMILES string of the molecule is COc1cc(C)c(S(=O)(=O)Nc2ccc(Cl)cc2C(=O)c2ccccc2)cc1C. The van der Waals surface area contributed by atoms with Crippen molar-refractivity contribution < 1.29 is 17.9 Å². The van der Waals surface area contributed by atoms with Gasteiger partial charge in [-0.3, -0.25) is 9.52 Å². The number of carbonyl (C=O) groups is 1. The van der Waals surface area contributed by atoms with Crippen LogP contribution in [0.15, 0.2) is 65.6 Å². The van der Waals surface area contributed by atoms with Crippen molar-refractivity contribution in [1.82, 2.24) is 0 Å². The van der Waals surface area contributed by atoms with Gasteiger partial charge >= 0.3 is 0 Å². The van der Waals surface area contributed by atoms with E-state index >= 15 is 0 Å². The number of methoxy groups -OCH3 is 1. The van der Waals surface area contributed by atoms with Crippen molar-refractivity contribution >= 4 is 33.1 Å². The van der Waals surface area contributed by atoms with E-state index in [2.05, 4.69) is 4.72 Å². The molecule has 0 amide bonds. The van der Waals surface area contributed by atoms with Gasteiger partial charge in [-0.1, -0.05) is 41.9 Å². The van der Waals surface area contributed by atoms with Gasteiger partial charge in [0.25, 0.3) is 10.0 Å². The van der Waals surface area contributed by atoms with Crippen molar-refractivity contribution in [3.8, 4) is 5.75 Å². The summed E-state index contributed by atoms with van der Waals surface area (Å²) in [5.74, 6) is 0.279. The van der Waals surface area contributed by atoms with Gasteiger partial charge in [0.05, 0.1) is 17.7 Å². The number of hydrogen-bond acceptors (Lipinski definition) is 4. The van der Waals surface area contributed by atoms with Gasteiger partial charge in [-0.25, -0.2) is 8.42 Å². The van der Waals surface area contributed by atoms with Gasteiger partial charge in [0.15, 0.2) is 5.78 Å². The van der Waals surface area contributed by atoms with Crippen molar-refractivity contribution in [3.05, 3.63) is 87.9 Å². The highest BCUT2D eigenvalue weighted by Crippen LogP contribution is 2.29. The first-order valence-electron chi connectivity index (χ1n) is 8.80. The number of sulfonamides is 1. The van der Waals surface area contributed by atoms with Gasteiger partial charge in [-0.05, 0) is 55.3 Å². The molecular weight excluding hydrogens is 410 g/mol. The third-order valence-electron chi connectivity index (χ3n) is 4.49. The molecule has 0 radical (unpaired) electrons. The maximum absolute atomic E-state index is 13.1. The number of aryl methyl sites for hydroxylation is 2. The Hall–Kier alpha value is -2.83. The van der Waals surface area contributed by atoms with Crippen LogP contribution < -0.4 is 9.46 Å². The average Bonchev–Trinajstić information content (AvgIpc) is 2.70. The molecule has 0 atom stereocenters. The van der Waals surface area contributed by atoms with Crippen LogP contribution in [0.5, 0.6) is 5.75 Å². The van der Waals surface area contributed by atoms with Crippen LogP contribution in [-0.2, 0) is 10.0 Å². The predicted octanol–water partition coefficient (Wildman–Crippen LogP) is 5.00. The van der Waals surface area contributed by atoms with Gasteiger partial charge in [0.2, 0.25) is 0 Å². The van der Waals surface area contributed by atoms with E-state index in [0.29, 0.717) is 27.5 Å². The van der Waals surface area contributed by atoms with Crippen LogP contribution in [0.25, 0.3) is 0 Å². The van der Waals surface area contributed by atoms with E-state index in [1.165, 1.54) is 25.3 Å². The lowest BCUT2D eigenvalue weighted by molar-refractivity contribution is 0.103. The highest BCUT2D eigenvalue weighted by Gasteiger charge is 2.22. The highest BCUT2D eigenvalue weighted by molar-refractivity contribution is 7.92. The van der Waals surface area contributed by atoms with Crippen LogP contribution in [0, 0.1) is 13.8 Å². The predicted molar refractivity (Wildman–Crippen MR) is 115 cm³/mol. The summed E-state index contributed by atoms with van der Waals surface area (Å²) in [7, 11) is -2.41. The van der Waals surface area contributed by atoms with Crippen molar-refractivity contribution in [2.24, 2.45) is 0 Å². The quantitative estimate of drug-likeness (QED) is 0.560. The number of rotatable bonds is 6. The lowest BCUT2D eigenvalue weighted by Gasteiger charge is -2.15. The molecule has 0 bridgehead atoms. The molecule has 0 fully saturated rings. The second-order valence-corrected chi connectivity index (χ2v) is 8.67. The number of hydrogen-bond donors (Lipinski definition) is 1. The van der Waals surface area contributed by atoms with Crippen molar-refractivity contribution in [2.75, 3.05) is 11.8 Å². The van der Waals surface area contributed by atoms with Crippen LogP contribution in [0.2, 0.25) is 5.02 Å². The summed E-state index contributed by atoms with van der Waals surface area (Å²) >= 11 is 6.07. The fourth-order valence-electron chi connectivity index (χ4n) is 3.01. The third kappa shape index (κ3) is 4.44. The van der Waals surface area contributed by atoms with Crippen LogP contribution >= 0.6 is 11.6 Å². The molecule has 0 saturated heterocycles. The number of nitrogens with one attached hydrogen (secondary N) is 1. The second kappa shape index (κ2) is 8.27. The maximum atomic E-state index is 13.1. The zero-order chi connectivity index (χ0) is 21.2. The van der Waals surface area contributed by atoms with Crippen molar-refractivity contribution in [2.45, 2.75) is 18.7 Å². The molecule has 0 spiro atoms. The maximum Gasteiger partial charge on any atom is 0.262 e. The molecule has 0 saturated carbocycles. The minimum atomic E-state index is -3.94. The molecule has 0 aliphatic carbocycles. The first-order valence-corrected chi connectivity index (χ1v) is 10.7. The third-order valence-corrected chi connectivity index (χ3v) is 6.23. The normalized spacial score (nSPS) is 11.2. The molecule has 3 aromatic carbocycles. The van der Waals surface area contributed by atoms with E-state index in [4.69, 9.17) is 16.3 Å². The number of carbonyl (C=O) groups excluding carboxylic acids is 1. The Labute approximate surface area is 175 Å². The minimum Gasteiger partial charge on any atom is -0.496 e. The average molecular weight is 430 g/mol. The Bertz CT molecular complexity index is 1170. The Morgan fingerprint density at radius 1 is 0.966 bits per heavy atom. The van der Waals surface area contributed by atoms with Crippen LogP contribution in [-0.4, -0.2) is 21.3 Å². The summed E-state index contributed by atoms with van der Waals surface area (Å²) in [4.78, 5) is 13.1. The van der Waals surface area contributed by atoms with Crippen LogP contribution in [0.4, 0.5) is 5.69 Å². The number of ether oxygens (including phenoxy) is 1. The largest absolute Gasteiger partial charge is 0.496 e. The Balaban J connectivity index is 2.05. The number of benzene rings is 3. The molecule has 7 heteroatoms. The van der Waals surface area contributed by atoms with E-state index in [9.17, 15) is 13.2 Å². The van der Waals surface area contributed by atoms with Gasteiger partial charge in [0.1, 0.15) is 5.75 Å². The summed E-state index contributed by atoms with van der Waals surface area (Å²) in [6, 6.07) is 16.3. The fraction of sp³-hybridized carbons (Fsp3) is 0.136. The standard InChI is InChI=1S/C22H20ClNO4S/c1-14-12-21(15(2)11-20(14)28-3)29(26,27)24-19-10-9-17(23)13-18(19)22(25)16-7-5-4-6-8-16/h4-13,24H,1-3H3. The molecule has 3 aromatic rings. The van der Waals surface area contributed by atoms with E-state index in [1.807, 2.05) is 0 Å². The molecule has 0 aliphatic heterocycles. The molecule has 29 heavy (non-hydrogen) atoms. The molecule has 0 heterocycles. The van der Waals surface area contributed by atoms with Crippen molar-refractivity contribution in [3.63, 3.8) is 0 Å². The molecule has 1 N–H and O–H groups in total. The van der Waals surface area contributed by atoms with Gasteiger partial charge in [-0.15, -0.1) is 0 Å². The summed E-state index contributed by atoms with van der Waals surface area (Å²) in [5.41, 5.74) is 2.00.